The Hall–Kier alpha value is -2.29. The Balaban J connectivity index is 1.69. The molecule has 9 heteroatoms. The second kappa shape index (κ2) is 10.5. The van der Waals surface area contributed by atoms with Crippen LogP contribution in [-0.2, 0) is 15.0 Å². The molecule has 0 aliphatic carbocycles. The van der Waals surface area contributed by atoms with Crippen LogP contribution in [0.4, 0.5) is 5.82 Å². The molecule has 1 fully saturated rings. The van der Waals surface area contributed by atoms with E-state index in [0.29, 0.717) is 22.5 Å². The van der Waals surface area contributed by atoms with E-state index in [4.69, 9.17) is 16.7 Å². The minimum atomic E-state index is -0.282. The number of anilines is 1. The number of rotatable bonds is 4. The predicted octanol–water partition coefficient (Wildman–Crippen LogP) is 6.31. The van der Waals surface area contributed by atoms with E-state index in [-0.39, 0.29) is 29.0 Å². The smallest absolute Gasteiger partial charge is 0.242 e. The zero-order valence-electron chi connectivity index (χ0n) is 21.7. The molecule has 4 heterocycles. The highest BCUT2D eigenvalue weighted by molar-refractivity contribution is 8.00. The van der Waals surface area contributed by atoms with E-state index >= 15 is 0 Å². The number of carbonyl (C=O) groups is 2. The molecule has 0 radical (unpaired) electrons. The van der Waals surface area contributed by atoms with Crippen molar-refractivity contribution in [1.29, 1.82) is 0 Å². The van der Waals surface area contributed by atoms with Crippen LogP contribution < -0.4 is 4.90 Å². The standard InChI is InChI=1S/C28H33ClN4O2S2/c1-18-10-12-31(13-11-18)22(34)16-32-23(35)17-37-25(21-9-6-14-36-21)24-26(28(2,3)4)30-33(27(24)32)20-8-5-7-19(29)15-20/h5-9,14-15,18,25H,10-13,16-17H2,1-4H3/t25-/m1/s1. The molecule has 196 valence electrons. The maximum atomic E-state index is 13.7. The van der Waals surface area contributed by atoms with Crippen LogP contribution in [0, 0.1) is 5.92 Å². The highest BCUT2D eigenvalue weighted by Gasteiger charge is 2.40. The van der Waals surface area contributed by atoms with Gasteiger partial charge in [0.15, 0.2) is 0 Å². The van der Waals surface area contributed by atoms with Crippen molar-refractivity contribution in [3.63, 3.8) is 0 Å². The van der Waals surface area contributed by atoms with Crippen LogP contribution >= 0.6 is 34.7 Å². The summed E-state index contributed by atoms with van der Waals surface area (Å²) in [5, 5.41) is 7.72. The third-order valence-electron chi connectivity index (χ3n) is 7.08. The molecule has 2 aromatic heterocycles. The summed E-state index contributed by atoms with van der Waals surface area (Å²) in [5.41, 5.74) is 2.42. The number of fused-ring (bicyclic) bond motifs is 1. The van der Waals surface area contributed by atoms with E-state index in [2.05, 4.69) is 39.1 Å². The van der Waals surface area contributed by atoms with Crippen molar-refractivity contribution in [2.24, 2.45) is 5.92 Å². The summed E-state index contributed by atoms with van der Waals surface area (Å²) in [6, 6.07) is 11.7. The van der Waals surface area contributed by atoms with Gasteiger partial charge in [-0.15, -0.1) is 23.1 Å². The Bertz CT molecular complexity index is 1290. The molecule has 6 nitrogen and oxygen atoms in total. The molecular weight excluding hydrogens is 524 g/mol. The SMILES string of the molecule is CC1CCN(C(=O)CN2C(=O)CS[C@H](c3cccs3)c3c(C(C)(C)C)nn(-c4cccc(Cl)c4)c32)CC1. The lowest BCUT2D eigenvalue weighted by molar-refractivity contribution is -0.132. The molecule has 0 unspecified atom stereocenters. The van der Waals surface area contributed by atoms with Crippen molar-refractivity contribution in [3.05, 3.63) is 62.9 Å². The molecule has 37 heavy (non-hydrogen) atoms. The van der Waals surface area contributed by atoms with E-state index in [0.717, 1.165) is 42.9 Å². The lowest BCUT2D eigenvalue weighted by atomic mass is 9.88. The Morgan fingerprint density at radius 2 is 1.92 bits per heavy atom. The number of thioether (sulfide) groups is 1. The van der Waals surface area contributed by atoms with Gasteiger partial charge in [-0.1, -0.05) is 51.4 Å². The monoisotopic (exact) mass is 556 g/mol. The van der Waals surface area contributed by atoms with Gasteiger partial charge in [0.1, 0.15) is 12.4 Å². The number of nitrogens with zero attached hydrogens (tertiary/aromatic N) is 4. The average Bonchev–Trinajstić information content (AvgIpc) is 3.49. The Labute approximate surface area is 232 Å². The Morgan fingerprint density at radius 3 is 2.57 bits per heavy atom. The summed E-state index contributed by atoms with van der Waals surface area (Å²) < 4.78 is 1.83. The number of likely N-dealkylation sites (tertiary alicyclic amines) is 1. The first-order chi connectivity index (χ1) is 17.6. The number of hydrogen-bond acceptors (Lipinski definition) is 5. The van der Waals surface area contributed by atoms with Gasteiger partial charge < -0.3 is 4.90 Å². The molecular formula is C28H33ClN4O2S2. The van der Waals surface area contributed by atoms with Gasteiger partial charge in [0.05, 0.1) is 22.4 Å². The molecule has 0 bridgehead atoms. The summed E-state index contributed by atoms with van der Waals surface area (Å²) in [5.74, 6) is 1.51. The van der Waals surface area contributed by atoms with E-state index < -0.39 is 0 Å². The topological polar surface area (TPSA) is 58.4 Å². The van der Waals surface area contributed by atoms with Crippen LogP contribution in [0.25, 0.3) is 5.69 Å². The van der Waals surface area contributed by atoms with E-state index in [1.807, 2.05) is 39.9 Å². The lowest BCUT2D eigenvalue weighted by Gasteiger charge is -2.32. The fourth-order valence-electron chi connectivity index (χ4n) is 5.02. The summed E-state index contributed by atoms with van der Waals surface area (Å²) >= 11 is 9.70. The molecule has 0 spiro atoms. The van der Waals surface area contributed by atoms with Gasteiger partial charge in [-0.2, -0.15) is 5.10 Å². The summed E-state index contributed by atoms with van der Waals surface area (Å²) in [4.78, 5) is 32.0. The van der Waals surface area contributed by atoms with Gasteiger partial charge in [0.2, 0.25) is 11.8 Å². The number of piperidine rings is 1. The largest absolute Gasteiger partial charge is 0.341 e. The first-order valence-electron chi connectivity index (χ1n) is 12.8. The van der Waals surface area contributed by atoms with Gasteiger partial charge in [0.25, 0.3) is 0 Å². The number of aromatic nitrogens is 2. The average molecular weight is 557 g/mol. The maximum absolute atomic E-state index is 13.7. The number of hydrogen-bond donors (Lipinski definition) is 0. The lowest BCUT2D eigenvalue weighted by Crippen LogP contribution is -2.46. The van der Waals surface area contributed by atoms with Crippen LogP contribution in [-0.4, -0.2) is 51.9 Å². The van der Waals surface area contributed by atoms with Crippen molar-refractivity contribution in [2.75, 3.05) is 30.3 Å². The number of thiophene rings is 1. The first kappa shape index (κ1) is 26.3. The van der Waals surface area contributed by atoms with Crippen LogP contribution in [0.5, 0.6) is 0 Å². The minimum Gasteiger partial charge on any atom is -0.341 e. The number of amides is 2. The summed E-state index contributed by atoms with van der Waals surface area (Å²) in [7, 11) is 0. The molecule has 1 aromatic carbocycles. The number of benzene rings is 1. The predicted molar refractivity (Wildman–Crippen MR) is 153 cm³/mol. The van der Waals surface area contributed by atoms with E-state index in [9.17, 15) is 9.59 Å². The molecule has 3 aromatic rings. The van der Waals surface area contributed by atoms with E-state index in [1.165, 1.54) is 4.88 Å². The van der Waals surface area contributed by atoms with Crippen LogP contribution in [0.3, 0.4) is 0 Å². The third-order valence-corrected chi connectivity index (χ3v) is 9.64. The Kier molecular flexibility index (Phi) is 7.44. The summed E-state index contributed by atoms with van der Waals surface area (Å²) in [6.45, 7) is 10.1. The molecule has 5 rings (SSSR count). The first-order valence-corrected chi connectivity index (χ1v) is 15.1. The van der Waals surface area contributed by atoms with Crippen LogP contribution in [0.15, 0.2) is 41.8 Å². The van der Waals surface area contributed by atoms with Crippen molar-refractivity contribution in [1.82, 2.24) is 14.7 Å². The fourth-order valence-corrected chi connectivity index (χ4v) is 7.38. The van der Waals surface area contributed by atoms with Crippen molar-refractivity contribution in [2.45, 2.75) is 51.2 Å². The van der Waals surface area contributed by atoms with Crippen molar-refractivity contribution >= 4 is 52.3 Å². The molecule has 1 saturated heterocycles. The normalized spacial score (nSPS) is 19.2. The highest BCUT2D eigenvalue weighted by Crippen LogP contribution is 2.49. The summed E-state index contributed by atoms with van der Waals surface area (Å²) in [6.07, 6.45) is 1.99. The van der Waals surface area contributed by atoms with Gasteiger partial charge in [-0.3, -0.25) is 14.5 Å². The molecule has 1 atom stereocenters. The zero-order chi connectivity index (χ0) is 26.3. The maximum Gasteiger partial charge on any atom is 0.242 e. The molecule has 2 aliphatic rings. The van der Waals surface area contributed by atoms with Crippen molar-refractivity contribution in [3.8, 4) is 5.69 Å². The van der Waals surface area contributed by atoms with Crippen molar-refractivity contribution < 1.29 is 9.59 Å². The van der Waals surface area contributed by atoms with E-state index in [1.54, 1.807) is 28.0 Å². The van der Waals surface area contributed by atoms with Gasteiger partial charge in [0, 0.05) is 34.0 Å². The third kappa shape index (κ3) is 5.33. The second-order valence-corrected chi connectivity index (χ2v) is 13.5. The molecule has 2 amide bonds. The zero-order valence-corrected chi connectivity index (χ0v) is 24.1. The van der Waals surface area contributed by atoms with Gasteiger partial charge in [-0.25, -0.2) is 4.68 Å². The Morgan fingerprint density at radius 1 is 1.16 bits per heavy atom. The number of carbonyl (C=O) groups excluding carboxylic acids is 2. The number of halogens is 1. The second-order valence-electron chi connectivity index (χ2n) is 11.0. The van der Waals surface area contributed by atoms with Crippen LogP contribution in [0.1, 0.15) is 61.9 Å². The quantitative estimate of drug-likeness (QED) is 0.378. The molecule has 0 N–H and O–H groups in total. The van der Waals surface area contributed by atoms with Crippen LogP contribution in [0.2, 0.25) is 5.02 Å². The molecule has 0 saturated carbocycles. The highest BCUT2D eigenvalue weighted by atomic mass is 35.5. The fraction of sp³-hybridized carbons (Fsp3) is 0.464. The minimum absolute atomic E-state index is 0.00771. The van der Waals surface area contributed by atoms with Gasteiger partial charge in [-0.05, 0) is 48.4 Å². The molecule has 2 aliphatic heterocycles. The van der Waals surface area contributed by atoms with Gasteiger partial charge >= 0.3 is 0 Å².